The molecule has 10 N–H and O–H groups in total. The number of phenolic OH excluding ortho intramolecular Hbond substituents is 2. The number of allylic oxidation sites excluding steroid dienone is 3. The number of hydrogen-bond acceptors (Lipinski definition) is 14. The van der Waals surface area contributed by atoms with E-state index in [9.17, 15) is 40.5 Å². The summed E-state index contributed by atoms with van der Waals surface area (Å²) in [5.74, 6) is 1.75. The van der Waals surface area contributed by atoms with Gasteiger partial charge in [-0.05, 0) is 212 Å². The van der Waals surface area contributed by atoms with Crippen LogP contribution in [0.1, 0.15) is 129 Å². The monoisotopic (exact) mass is 1350 g/mol. The largest absolute Gasteiger partial charge is 0.508 e. The average Bonchev–Trinajstić information content (AvgIpc) is 1.03. The van der Waals surface area contributed by atoms with Gasteiger partial charge in [0.25, 0.3) is 0 Å². The van der Waals surface area contributed by atoms with Crippen LogP contribution in [0.25, 0.3) is 38.3 Å². The minimum absolute atomic E-state index is 0.0182. The van der Waals surface area contributed by atoms with Crippen molar-refractivity contribution in [2.75, 3.05) is 13.2 Å². The van der Waals surface area contributed by atoms with Gasteiger partial charge >= 0.3 is 0 Å². The van der Waals surface area contributed by atoms with Crippen molar-refractivity contribution in [1.82, 2.24) is 20.2 Å². The molecule has 4 aromatic carbocycles. The molecule has 17 heteroatoms. The molecular weight excluding hydrogens is 1260 g/mol. The lowest BCUT2D eigenvalue weighted by atomic mass is 9.41. The van der Waals surface area contributed by atoms with E-state index in [0.717, 1.165) is 85.7 Å². The van der Waals surface area contributed by atoms with Gasteiger partial charge in [-0.2, -0.15) is 0 Å². The number of aliphatic hydroxyl groups is 5. The number of ether oxygens (including phenoxy) is 1. The molecule has 7 fully saturated rings. The molecule has 17 nitrogen and oxygen atoms in total. The van der Waals surface area contributed by atoms with Crippen molar-refractivity contribution in [1.29, 1.82) is 0 Å². The quantitative estimate of drug-likeness (QED) is 0.0476. The van der Waals surface area contributed by atoms with Crippen molar-refractivity contribution in [2.24, 2.45) is 75.9 Å². The Morgan fingerprint density at radius 1 is 0.840 bits per heavy atom. The van der Waals surface area contributed by atoms with Crippen LogP contribution in [-0.4, -0.2) is 118 Å². The first-order valence-electron chi connectivity index (χ1n) is 37.5. The number of aromatic nitrogens is 2. The topological polar surface area (TPSA) is 261 Å². The zero-order valence-electron chi connectivity index (χ0n) is 56.9. The molecule has 0 radical (unpaired) electrons. The normalized spacial score (nSPS) is 38.7. The number of rotatable bonds is 9. The Hall–Kier alpha value is -7.32. The van der Waals surface area contributed by atoms with E-state index in [4.69, 9.17) is 24.2 Å². The molecule has 22 bridgehead atoms. The number of carbonyl (C=O) groups excluding carboxylic acids is 1. The molecule has 5 saturated carbocycles. The minimum atomic E-state index is -2.63. The Kier molecular flexibility index (Phi) is 13.7. The molecule has 3 aromatic heterocycles. The molecular formula is C83H90N4O13. The SMILES string of the molecule is CCc1c2cc3[nH]c2cn1-c1c2c(cc4c(=O)cc(C)oc14)CC1OOC(C(O)(Cc4ccc(O)c5ccc(O)cc45)C(O)C(O)C(O)CO)C=CC4=CC5C6C=CC(C47NC4CC(CC)C8C9CCC(c%10ccc(cc%10)CC%10CC%11(C=CC3CC%11)CC3(C%10)C(=O)NCC63)C(C48)C7C9)C15O2. The van der Waals surface area contributed by atoms with Gasteiger partial charge in [-0.25, -0.2) is 9.78 Å². The molecule has 30 rings (SSSR count). The summed E-state index contributed by atoms with van der Waals surface area (Å²) >= 11 is 0. The molecule has 2 saturated heterocycles. The molecule has 4 spiro atoms. The standard InChI is InChI=1S/C83H90N4O13/c1-4-43-28-61-72-70(43)46-10-14-51-44-8-6-41(7-9-44)25-42-33-79-22-20-45(21-23-79)60-32-55-62(85-60)37-87(63(55)5-2)73-75-48(26-56-65(91)24-40(3)97-76(56)73)29-69-83(98-75)57-30-49(82(86-61,58(27-46)71(51)72)67(83)18-16-53(57)59-36-84-78(95)80(59,34-42)39-79)12-19-68(99-100-69)81(96,77(94)74(93)66(92)38-88)35-47-11-17-64(90)52-15-13-50(89)31-54(47)52/h6-9,11-13,15-20,22,24,26,30-32,37,42-43,45-46,51,53,57-59,61,66-72,74,77,85-86,88-90,92-94,96H,4-5,10,14,21,23,25,27-29,33-36,38-39H2,1-3H3,(H,84,95). The van der Waals surface area contributed by atoms with E-state index in [1.54, 1.807) is 18.2 Å². The maximum atomic E-state index is 16.1. The van der Waals surface area contributed by atoms with Gasteiger partial charge < -0.3 is 65.1 Å². The number of aromatic hydroxyl groups is 2. The summed E-state index contributed by atoms with van der Waals surface area (Å²) in [6.07, 6.45) is 19.8. The van der Waals surface area contributed by atoms with Crippen LogP contribution < -0.4 is 20.8 Å². The fourth-order valence-corrected chi connectivity index (χ4v) is 25.2. The third-order valence-corrected chi connectivity index (χ3v) is 29.0. The second-order valence-corrected chi connectivity index (χ2v) is 33.5. The highest BCUT2D eigenvalue weighted by atomic mass is 17.2. The number of aromatic amines is 1. The highest BCUT2D eigenvalue weighted by Gasteiger charge is 2.76. The van der Waals surface area contributed by atoms with Crippen molar-refractivity contribution in [3.8, 4) is 22.9 Å². The number of benzene rings is 4. The number of aliphatic hydroxyl groups excluding tert-OH is 4. The molecule has 24 atom stereocenters. The first-order valence-corrected chi connectivity index (χ1v) is 37.5. The number of piperidine rings is 1. The smallest absolute Gasteiger partial charge is 0.226 e. The van der Waals surface area contributed by atoms with Gasteiger partial charge in [0.2, 0.25) is 5.91 Å². The van der Waals surface area contributed by atoms with Gasteiger partial charge in [0.1, 0.15) is 59.1 Å². The molecule has 23 aliphatic rings. The summed E-state index contributed by atoms with van der Waals surface area (Å²) in [6.45, 7) is 5.86. The van der Waals surface area contributed by atoms with Crippen molar-refractivity contribution >= 4 is 38.6 Å². The van der Waals surface area contributed by atoms with E-state index in [0.29, 0.717) is 99.5 Å². The maximum Gasteiger partial charge on any atom is 0.226 e. The highest BCUT2D eigenvalue weighted by Crippen LogP contribution is 2.73. The predicted octanol–water partition coefficient (Wildman–Crippen LogP) is 10.6. The molecule has 9 aliphatic heterocycles. The minimum Gasteiger partial charge on any atom is -0.508 e. The van der Waals surface area contributed by atoms with E-state index in [1.807, 2.05) is 13.0 Å². The number of phenols is 2. The van der Waals surface area contributed by atoms with Gasteiger partial charge in [-0.15, -0.1) is 0 Å². The van der Waals surface area contributed by atoms with E-state index in [1.165, 1.54) is 35.4 Å². The Morgan fingerprint density at radius 2 is 1.70 bits per heavy atom. The van der Waals surface area contributed by atoms with Crippen LogP contribution >= 0.6 is 0 Å². The lowest BCUT2D eigenvalue weighted by Crippen LogP contribution is -2.80. The molecule has 14 aliphatic carbocycles. The van der Waals surface area contributed by atoms with E-state index in [-0.39, 0.29) is 82.1 Å². The molecule has 7 aromatic rings. The van der Waals surface area contributed by atoms with Crippen LogP contribution in [0.3, 0.4) is 0 Å². The number of aryl methyl sites for hydroxylation is 2. The van der Waals surface area contributed by atoms with Crippen LogP contribution in [0.15, 0.2) is 136 Å². The van der Waals surface area contributed by atoms with Crippen molar-refractivity contribution in [3.63, 3.8) is 0 Å². The van der Waals surface area contributed by atoms with Gasteiger partial charge in [-0.3, -0.25) is 9.59 Å². The fraction of sp³-hybridized carbons (Fsp3) is 0.518. The number of amides is 1. The number of hydrogen-bond donors (Lipinski definition) is 10. The maximum absolute atomic E-state index is 16.1. The van der Waals surface area contributed by atoms with Gasteiger partial charge in [0.15, 0.2) is 22.4 Å². The zero-order valence-corrected chi connectivity index (χ0v) is 56.9. The van der Waals surface area contributed by atoms with E-state index >= 15 is 4.79 Å². The van der Waals surface area contributed by atoms with Crippen molar-refractivity contribution < 1.29 is 59.5 Å². The first-order chi connectivity index (χ1) is 48.4. The van der Waals surface area contributed by atoms with Gasteiger partial charge in [0.05, 0.1) is 28.5 Å². The summed E-state index contributed by atoms with van der Waals surface area (Å²) in [5, 5.41) is 93.9. The van der Waals surface area contributed by atoms with Crippen LogP contribution in [0.2, 0.25) is 0 Å². The Bertz CT molecular complexity index is 4790. The third kappa shape index (κ3) is 8.40. The van der Waals surface area contributed by atoms with Crippen LogP contribution in [-0.2, 0) is 40.3 Å². The number of nitrogens with one attached hydrogen (secondary N) is 3. The summed E-state index contributed by atoms with van der Waals surface area (Å²) in [4.78, 5) is 49.6. The number of carbonyl (C=O) groups is 1. The number of nitrogens with zero attached hydrogens (tertiary/aromatic N) is 1. The predicted molar refractivity (Wildman–Crippen MR) is 375 cm³/mol. The summed E-state index contributed by atoms with van der Waals surface area (Å²) < 4.78 is 18.0. The Balaban J connectivity index is 0.903. The fourth-order valence-electron chi connectivity index (χ4n) is 25.2. The van der Waals surface area contributed by atoms with Gasteiger partial charge in [0, 0.05) is 83.2 Å². The molecule has 1 amide bonds. The first kappa shape index (κ1) is 62.5. The lowest BCUT2D eigenvalue weighted by molar-refractivity contribution is -0.400. The van der Waals surface area contributed by atoms with Crippen LogP contribution in [0.5, 0.6) is 17.2 Å². The average molecular weight is 1350 g/mol. The highest BCUT2D eigenvalue weighted by molar-refractivity contribution is 5.94. The zero-order chi connectivity index (χ0) is 68.0. The summed E-state index contributed by atoms with van der Waals surface area (Å²) in [5.41, 5.74) is 2.42. The summed E-state index contributed by atoms with van der Waals surface area (Å²) in [6, 6.07) is 23.1. The van der Waals surface area contributed by atoms with Crippen LogP contribution in [0.4, 0.5) is 0 Å². The number of H-pyrrole nitrogens is 1. The van der Waals surface area contributed by atoms with Crippen LogP contribution in [0, 0.1) is 82.9 Å². The summed E-state index contributed by atoms with van der Waals surface area (Å²) in [7, 11) is 0. The molecule has 520 valence electrons. The number of fused-ring (bicyclic) bond motifs is 6. The van der Waals surface area contributed by atoms with E-state index in [2.05, 4.69) is 102 Å². The Morgan fingerprint density at radius 3 is 2.51 bits per heavy atom. The van der Waals surface area contributed by atoms with Crippen molar-refractivity contribution in [3.05, 3.63) is 177 Å². The second kappa shape index (κ2) is 21.9. The second-order valence-electron chi connectivity index (χ2n) is 33.5. The van der Waals surface area contributed by atoms with Gasteiger partial charge in [-0.1, -0.05) is 87.1 Å². The lowest BCUT2D eigenvalue weighted by Gasteiger charge is -2.69. The molecule has 12 heterocycles. The third-order valence-electron chi connectivity index (χ3n) is 29.0. The van der Waals surface area contributed by atoms with E-state index < -0.39 is 77.5 Å². The van der Waals surface area contributed by atoms with Crippen molar-refractivity contribution in [2.45, 2.75) is 176 Å². The Labute approximate surface area is 579 Å². The molecule has 24 unspecified atom stereocenters. The molecule has 100 heavy (non-hydrogen) atoms.